The van der Waals surface area contributed by atoms with Crippen LogP contribution in [-0.4, -0.2) is 41.6 Å². The number of carbonyl (C=O) groups excluding carboxylic acids is 1. The zero-order valence-electron chi connectivity index (χ0n) is 10.2. The Bertz CT molecular complexity index is 427. The Morgan fingerprint density at radius 2 is 2.24 bits per heavy atom. The molecule has 1 saturated heterocycles. The minimum Gasteiger partial charge on any atom is -0.508 e. The normalized spacial score (nSPS) is 15.4. The number of benzene rings is 1. The molecule has 0 radical (unpaired) electrons. The van der Waals surface area contributed by atoms with Crippen LogP contribution in [0.2, 0.25) is 0 Å². The standard InChI is InChI=1S/C13H18N2O2/c1-3-15(11-7-14-8-11)13(17)10-4-5-12(16)9(2)6-10/h4-6,11,14,16H,3,7-8H2,1-2H3. The highest BCUT2D eigenvalue weighted by molar-refractivity contribution is 5.95. The van der Waals surface area contributed by atoms with E-state index in [4.69, 9.17) is 0 Å². The van der Waals surface area contributed by atoms with Gasteiger partial charge in [0.05, 0.1) is 6.04 Å². The highest BCUT2D eigenvalue weighted by Crippen LogP contribution is 2.19. The van der Waals surface area contributed by atoms with Gasteiger partial charge in [0, 0.05) is 25.2 Å². The van der Waals surface area contributed by atoms with Crippen molar-refractivity contribution in [3.63, 3.8) is 0 Å². The molecule has 0 bridgehead atoms. The lowest BCUT2D eigenvalue weighted by atomic mass is 10.1. The molecule has 17 heavy (non-hydrogen) atoms. The molecule has 1 amide bonds. The Morgan fingerprint density at radius 1 is 1.53 bits per heavy atom. The summed E-state index contributed by atoms with van der Waals surface area (Å²) in [7, 11) is 0. The minimum absolute atomic E-state index is 0.0436. The van der Waals surface area contributed by atoms with Crippen LogP contribution in [0.4, 0.5) is 0 Å². The minimum atomic E-state index is 0.0436. The number of amides is 1. The molecule has 0 saturated carbocycles. The van der Waals surface area contributed by atoms with Gasteiger partial charge in [-0.15, -0.1) is 0 Å². The predicted molar refractivity (Wildman–Crippen MR) is 66.2 cm³/mol. The van der Waals surface area contributed by atoms with Crippen LogP contribution >= 0.6 is 0 Å². The first-order chi connectivity index (χ1) is 8.13. The number of carbonyl (C=O) groups is 1. The molecule has 2 rings (SSSR count). The molecular weight excluding hydrogens is 216 g/mol. The molecule has 2 N–H and O–H groups in total. The Labute approximate surface area is 101 Å². The van der Waals surface area contributed by atoms with E-state index in [1.165, 1.54) is 0 Å². The van der Waals surface area contributed by atoms with Crippen molar-refractivity contribution in [3.05, 3.63) is 29.3 Å². The molecule has 1 heterocycles. The Morgan fingerprint density at radius 3 is 2.71 bits per heavy atom. The van der Waals surface area contributed by atoms with Crippen LogP contribution in [0.1, 0.15) is 22.8 Å². The second kappa shape index (κ2) is 4.75. The van der Waals surface area contributed by atoms with Gasteiger partial charge in [-0.3, -0.25) is 4.79 Å². The number of rotatable bonds is 3. The van der Waals surface area contributed by atoms with E-state index in [9.17, 15) is 9.90 Å². The fraction of sp³-hybridized carbons (Fsp3) is 0.462. The first kappa shape index (κ1) is 11.9. The van der Waals surface area contributed by atoms with Gasteiger partial charge >= 0.3 is 0 Å². The van der Waals surface area contributed by atoms with Crippen molar-refractivity contribution >= 4 is 5.91 Å². The Kier molecular flexibility index (Phi) is 3.33. The van der Waals surface area contributed by atoms with Crippen molar-refractivity contribution in [1.29, 1.82) is 0 Å². The monoisotopic (exact) mass is 234 g/mol. The van der Waals surface area contributed by atoms with E-state index >= 15 is 0 Å². The summed E-state index contributed by atoms with van der Waals surface area (Å²) in [4.78, 5) is 14.2. The summed E-state index contributed by atoms with van der Waals surface area (Å²) in [5.74, 6) is 0.275. The summed E-state index contributed by atoms with van der Waals surface area (Å²) in [6.07, 6.45) is 0. The molecule has 4 heteroatoms. The molecule has 92 valence electrons. The first-order valence-corrected chi connectivity index (χ1v) is 5.94. The Hall–Kier alpha value is -1.55. The number of aryl methyl sites for hydroxylation is 1. The van der Waals surface area contributed by atoms with Crippen molar-refractivity contribution in [2.45, 2.75) is 19.9 Å². The van der Waals surface area contributed by atoms with E-state index in [0.29, 0.717) is 18.2 Å². The van der Waals surface area contributed by atoms with E-state index in [2.05, 4.69) is 5.32 Å². The number of nitrogens with one attached hydrogen (secondary N) is 1. The van der Waals surface area contributed by atoms with Gasteiger partial charge < -0.3 is 15.3 Å². The molecule has 4 nitrogen and oxygen atoms in total. The number of nitrogens with zero attached hydrogens (tertiary/aromatic N) is 1. The average molecular weight is 234 g/mol. The van der Waals surface area contributed by atoms with Crippen molar-refractivity contribution < 1.29 is 9.90 Å². The second-order valence-corrected chi connectivity index (χ2v) is 4.40. The maximum absolute atomic E-state index is 12.3. The molecule has 0 unspecified atom stereocenters. The van der Waals surface area contributed by atoms with E-state index in [0.717, 1.165) is 18.7 Å². The molecule has 0 aliphatic carbocycles. The van der Waals surface area contributed by atoms with Crippen LogP contribution in [-0.2, 0) is 0 Å². The fourth-order valence-electron chi connectivity index (χ4n) is 2.02. The lowest BCUT2D eigenvalue weighted by Gasteiger charge is -2.37. The number of likely N-dealkylation sites (N-methyl/N-ethyl adjacent to an activating group) is 1. The van der Waals surface area contributed by atoms with Gasteiger partial charge in [-0.25, -0.2) is 0 Å². The third-order valence-corrected chi connectivity index (χ3v) is 3.25. The smallest absolute Gasteiger partial charge is 0.254 e. The summed E-state index contributed by atoms with van der Waals surface area (Å²) in [6, 6.07) is 5.31. The maximum atomic E-state index is 12.3. The zero-order chi connectivity index (χ0) is 12.4. The fourth-order valence-corrected chi connectivity index (χ4v) is 2.02. The van der Waals surface area contributed by atoms with Crippen LogP contribution in [0.5, 0.6) is 5.75 Å². The summed E-state index contributed by atoms with van der Waals surface area (Å²) in [5, 5.41) is 12.6. The molecule has 1 aliphatic rings. The van der Waals surface area contributed by atoms with Crippen molar-refractivity contribution in [3.8, 4) is 5.75 Å². The summed E-state index contributed by atoms with van der Waals surface area (Å²) >= 11 is 0. The number of aromatic hydroxyl groups is 1. The first-order valence-electron chi connectivity index (χ1n) is 5.94. The lowest BCUT2D eigenvalue weighted by Crippen LogP contribution is -2.58. The number of phenols is 1. The Balaban J connectivity index is 2.19. The average Bonchev–Trinajstić information content (AvgIpc) is 2.26. The van der Waals surface area contributed by atoms with Gasteiger partial charge in [0.2, 0.25) is 0 Å². The molecule has 0 atom stereocenters. The molecular formula is C13H18N2O2. The summed E-state index contributed by atoms with van der Waals surface area (Å²) in [5.41, 5.74) is 1.38. The van der Waals surface area contributed by atoms with Gasteiger partial charge in [-0.2, -0.15) is 0 Å². The van der Waals surface area contributed by atoms with Crippen LogP contribution in [0, 0.1) is 6.92 Å². The zero-order valence-corrected chi connectivity index (χ0v) is 10.2. The van der Waals surface area contributed by atoms with Crippen molar-refractivity contribution in [2.75, 3.05) is 19.6 Å². The highest BCUT2D eigenvalue weighted by atomic mass is 16.3. The van der Waals surface area contributed by atoms with Gasteiger partial charge in [-0.05, 0) is 37.6 Å². The van der Waals surface area contributed by atoms with Crippen LogP contribution in [0.25, 0.3) is 0 Å². The van der Waals surface area contributed by atoms with Crippen LogP contribution < -0.4 is 5.32 Å². The van der Waals surface area contributed by atoms with Crippen LogP contribution in [0.15, 0.2) is 18.2 Å². The lowest BCUT2D eigenvalue weighted by molar-refractivity contribution is 0.0630. The molecule has 1 aromatic carbocycles. The third-order valence-electron chi connectivity index (χ3n) is 3.25. The number of hydrogen-bond acceptors (Lipinski definition) is 3. The molecule has 1 aliphatic heterocycles. The second-order valence-electron chi connectivity index (χ2n) is 4.40. The molecule has 0 spiro atoms. The van der Waals surface area contributed by atoms with Crippen LogP contribution in [0.3, 0.4) is 0 Å². The largest absolute Gasteiger partial charge is 0.508 e. The van der Waals surface area contributed by atoms with E-state index in [-0.39, 0.29) is 11.7 Å². The van der Waals surface area contributed by atoms with Gasteiger partial charge in [0.25, 0.3) is 5.91 Å². The topological polar surface area (TPSA) is 52.6 Å². The molecule has 0 aromatic heterocycles. The van der Waals surface area contributed by atoms with Gasteiger partial charge in [0.15, 0.2) is 0 Å². The van der Waals surface area contributed by atoms with Gasteiger partial charge in [-0.1, -0.05) is 0 Å². The van der Waals surface area contributed by atoms with Crippen molar-refractivity contribution in [1.82, 2.24) is 10.2 Å². The summed E-state index contributed by atoms with van der Waals surface area (Å²) in [6.45, 7) is 6.25. The van der Waals surface area contributed by atoms with E-state index in [1.807, 2.05) is 11.8 Å². The van der Waals surface area contributed by atoms with Gasteiger partial charge in [0.1, 0.15) is 5.75 Å². The molecule has 1 aromatic rings. The number of hydrogen-bond donors (Lipinski definition) is 2. The third kappa shape index (κ3) is 2.26. The van der Waals surface area contributed by atoms with E-state index < -0.39 is 0 Å². The predicted octanol–water partition coefficient (Wildman–Crippen LogP) is 1.13. The number of phenolic OH excluding ortho intramolecular Hbond substituents is 1. The quantitative estimate of drug-likeness (QED) is 0.824. The van der Waals surface area contributed by atoms with Crippen molar-refractivity contribution in [2.24, 2.45) is 0 Å². The maximum Gasteiger partial charge on any atom is 0.254 e. The SMILES string of the molecule is CCN(C(=O)c1ccc(O)c(C)c1)C1CNC1. The highest BCUT2D eigenvalue weighted by Gasteiger charge is 2.27. The van der Waals surface area contributed by atoms with E-state index in [1.54, 1.807) is 25.1 Å². The molecule has 1 fully saturated rings. The summed E-state index contributed by atoms with van der Waals surface area (Å²) < 4.78 is 0.